The van der Waals surface area contributed by atoms with Gasteiger partial charge in [-0.05, 0) is 25.8 Å². The van der Waals surface area contributed by atoms with Crippen LogP contribution in [0.2, 0.25) is 0 Å². The lowest BCUT2D eigenvalue weighted by atomic mass is 10.0. The van der Waals surface area contributed by atoms with Gasteiger partial charge >= 0.3 is 6.03 Å². The van der Waals surface area contributed by atoms with Crippen molar-refractivity contribution in [3.8, 4) is 0 Å². The highest BCUT2D eigenvalue weighted by atomic mass is 16.5. The molecule has 1 atom stereocenters. The second-order valence-electron chi connectivity index (χ2n) is 5.47. The van der Waals surface area contributed by atoms with E-state index in [1.54, 1.807) is 0 Å². The summed E-state index contributed by atoms with van der Waals surface area (Å²) in [5.41, 5.74) is 0. The second-order valence-corrected chi connectivity index (χ2v) is 5.47. The van der Waals surface area contributed by atoms with Crippen molar-refractivity contribution < 1.29 is 9.53 Å². The monoisotopic (exact) mass is 269 g/mol. The van der Waals surface area contributed by atoms with Crippen LogP contribution in [0.3, 0.4) is 0 Å². The Bertz CT molecular complexity index is 274. The molecule has 0 aromatic heterocycles. The van der Waals surface area contributed by atoms with Gasteiger partial charge in [-0.15, -0.1) is 0 Å². The third-order valence-corrected chi connectivity index (χ3v) is 3.90. The molecule has 0 aromatic carbocycles. The molecule has 5 nitrogen and oxygen atoms in total. The lowest BCUT2D eigenvalue weighted by Crippen LogP contribution is -2.52. The Balaban J connectivity index is 1.87. The fourth-order valence-corrected chi connectivity index (χ4v) is 2.84. The molecule has 0 aromatic rings. The smallest absolute Gasteiger partial charge is 0.320 e. The highest BCUT2D eigenvalue weighted by molar-refractivity contribution is 5.74. The number of carbonyl (C=O) groups is 1. The van der Waals surface area contributed by atoms with Crippen LogP contribution in [-0.2, 0) is 4.74 Å². The number of carbonyl (C=O) groups excluding carboxylic acids is 1. The van der Waals surface area contributed by atoms with Crippen LogP contribution in [0.4, 0.5) is 4.79 Å². The second kappa shape index (κ2) is 7.70. The molecule has 0 spiro atoms. The fourth-order valence-electron chi connectivity index (χ4n) is 2.84. The van der Waals surface area contributed by atoms with E-state index >= 15 is 0 Å². The van der Waals surface area contributed by atoms with Crippen LogP contribution in [0.25, 0.3) is 0 Å². The summed E-state index contributed by atoms with van der Waals surface area (Å²) in [6.45, 7) is 7.75. The number of morpholine rings is 1. The quantitative estimate of drug-likeness (QED) is 0.836. The Morgan fingerprint density at radius 2 is 2.16 bits per heavy atom. The minimum atomic E-state index is 0.192. The summed E-state index contributed by atoms with van der Waals surface area (Å²) in [4.78, 5) is 16.5. The number of urea groups is 1. The van der Waals surface area contributed by atoms with Crippen LogP contribution < -0.4 is 5.32 Å². The van der Waals surface area contributed by atoms with Crippen LogP contribution in [-0.4, -0.2) is 67.8 Å². The summed E-state index contributed by atoms with van der Waals surface area (Å²) in [5, 5.41) is 3.53. The maximum atomic E-state index is 12.5. The largest absolute Gasteiger partial charge is 0.378 e. The number of hydrogen-bond acceptors (Lipinski definition) is 3. The van der Waals surface area contributed by atoms with Gasteiger partial charge in [0.05, 0.1) is 13.2 Å². The predicted molar refractivity (Wildman–Crippen MR) is 75.3 cm³/mol. The maximum Gasteiger partial charge on any atom is 0.320 e. The SMILES string of the molecule is CCCN(CC1CCCCN1)C(=O)N1CCOCC1. The van der Waals surface area contributed by atoms with E-state index in [1.807, 2.05) is 9.80 Å². The predicted octanol–water partition coefficient (Wildman–Crippen LogP) is 1.29. The molecule has 2 aliphatic rings. The molecule has 0 bridgehead atoms. The topological polar surface area (TPSA) is 44.8 Å². The van der Waals surface area contributed by atoms with Crippen LogP contribution in [0.15, 0.2) is 0 Å². The molecule has 0 radical (unpaired) electrons. The molecular formula is C14H27N3O2. The molecule has 0 aliphatic carbocycles. The number of nitrogens with one attached hydrogen (secondary N) is 1. The average Bonchev–Trinajstić information content (AvgIpc) is 2.48. The van der Waals surface area contributed by atoms with E-state index in [1.165, 1.54) is 19.3 Å². The highest BCUT2D eigenvalue weighted by Gasteiger charge is 2.25. The first kappa shape index (κ1) is 14.6. The van der Waals surface area contributed by atoms with Crippen molar-refractivity contribution in [2.75, 3.05) is 45.9 Å². The van der Waals surface area contributed by atoms with E-state index < -0.39 is 0 Å². The first-order valence-corrected chi connectivity index (χ1v) is 7.66. The van der Waals surface area contributed by atoms with Gasteiger partial charge in [-0.1, -0.05) is 13.3 Å². The molecule has 110 valence electrons. The van der Waals surface area contributed by atoms with Crippen molar-refractivity contribution >= 4 is 6.03 Å². The molecule has 0 saturated carbocycles. The summed E-state index contributed by atoms with van der Waals surface area (Å²) >= 11 is 0. The standard InChI is InChI=1S/C14H27N3O2/c1-2-7-17(12-13-5-3-4-6-15-13)14(18)16-8-10-19-11-9-16/h13,15H,2-12H2,1H3. The Morgan fingerprint density at radius 3 is 2.79 bits per heavy atom. The Kier molecular flexibility index (Phi) is 5.92. The molecule has 19 heavy (non-hydrogen) atoms. The van der Waals surface area contributed by atoms with E-state index in [0.29, 0.717) is 19.3 Å². The van der Waals surface area contributed by atoms with Gasteiger partial charge in [-0.3, -0.25) is 0 Å². The molecule has 2 saturated heterocycles. The Morgan fingerprint density at radius 1 is 1.37 bits per heavy atom. The number of rotatable bonds is 4. The summed E-state index contributed by atoms with van der Waals surface area (Å²) < 4.78 is 5.31. The number of amides is 2. The van der Waals surface area contributed by atoms with Gasteiger partial charge < -0.3 is 19.9 Å². The Labute approximate surface area is 116 Å². The zero-order valence-electron chi connectivity index (χ0n) is 12.1. The molecule has 2 rings (SSSR count). The maximum absolute atomic E-state index is 12.5. The molecule has 2 amide bonds. The van der Waals surface area contributed by atoms with Crippen molar-refractivity contribution in [1.29, 1.82) is 0 Å². The first-order chi connectivity index (χ1) is 9.31. The lowest BCUT2D eigenvalue weighted by Gasteiger charge is -2.35. The normalized spacial score (nSPS) is 24.3. The van der Waals surface area contributed by atoms with Gasteiger partial charge in [0.1, 0.15) is 0 Å². The van der Waals surface area contributed by atoms with Gasteiger partial charge in [0.25, 0.3) is 0 Å². The van der Waals surface area contributed by atoms with Crippen molar-refractivity contribution in [3.63, 3.8) is 0 Å². The molecular weight excluding hydrogens is 242 g/mol. The van der Waals surface area contributed by atoms with Gasteiger partial charge in [-0.2, -0.15) is 0 Å². The van der Waals surface area contributed by atoms with E-state index in [0.717, 1.165) is 39.1 Å². The van der Waals surface area contributed by atoms with E-state index in [2.05, 4.69) is 12.2 Å². The molecule has 5 heteroatoms. The van der Waals surface area contributed by atoms with Crippen molar-refractivity contribution in [2.24, 2.45) is 0 Å². The van der Waals surface area contributed by atoms with Crippen molar-refractivity contribution in [3.05, 3.63) is 0 Å². The van der Waals surface area contributed by atoms with Crippen LogP contribution >= 0.6 is 0 Å². The van der Waals surface area contributed by atoms with Crippen LogP contribution in [0.1, 0.15) is 32.6 Å². The van der Waals surface area contributed by atoms with Gasteiger partial charge in [-0.25, -0.2) is 4.79 Å². The average molecular weight is 269 g/mol. The lowest BCUT2D eigenvalue weighted by molar-refractivity contribution is 0.0422. The number of nitrogens with zero attached hydrogens (tertiary/aromatic N) is 2. The molecule has 2 heterocycles. The van der Waals surface area contributed by atoms with Crippen LogP contribution in [0, 0.1) is 0 Å². The summed E-state index contributed by atoms with van der Waals surface area (Å²) in [5.74, 6) is 0. The van der Waals surface area contributed by atoms with E-state index in [4.69, 9.17) is 4.74 Å². The van der Waals surface area contributed by atoms with Crippen LogP contribution in [0.5, 0.6) is 0 Å². The summed E-state index contributed by atoms with van der Waals surface area (Å²) in [6.07, 6.45) is 4.75. The number of ether oxygens (including phenoxy) is 1. The van der Waals surface area contributed by atoms with E-state index in [9.17, 15) is 4.79 Å². The van der Waals surface area contributed by atoms with Gasteiger partial charge in [0.2, 0.25) is 0 Å². The Hall–Kier alpha value is -0.810. The minimum absolute atomic E-state index is 0.192. The number of piperidine rings is 1. The molecule has 2 fully saturated rings. The van der Waals surface area contributed by atoms with Crippen molar-refractivity contribution in [2.45, 2.75) is 38.6 Å². The summed E-state index contributed by atoms with van der Waals surface area (Å²) in [6, 6.07) is 0.669. The third-order valence-electron chi connectivity index (χ3n) is 3.90. The molecule has 2 aliphatic heterocycles. The molecule has 1 N–H and O–H groups in total. The fraction of sp³-hybridized carbons (Fsp3) is 0.929. The zero-order chi connectivity index (χ0) is 13.5. The number of hydrogen-bond donors (Lipinski definition) is 1. The van der Waals surface area contributed by atoms with Gasteiger partial charge in [0, 0.05) is 32.2 Å². The van der Waals surface area contributed by atoms with Gasteiger partial charge in [0.15, 0.2) is 0 Å². The zero-order valence-corrected chi connectivity index (χ0v) is 12.1. The van der Waals surface area contributed by atoms with E-state index in [-0.39, 0.29) is 6.03 Å². The summed E-state index contributed by atoms with van der Waals surface area (Å²) in [7, 11) is 0. The third kappa shape index (κ3) is 4.35. The van der Waals surface area contributed by atoms with Crippen molar-refractivity contribution in [1.82, 2.24) is 15.1 Å². The molecule has 1 unspecified atom stereocenters. The first-order valence-electron chi connectivity index (χ1n) is 7.66. The highest BCUT2D eigenvalue weighted by Crippen LogP contribution is 2.11. The minimum Gasteiger partial charge on any atom is -0.378 e.